The number of hydrogen-bond donors (Lipinski definition) is 2. The van der Waals surface area contributed by atoms with Gasteiger partial charge in [0.05, 0.1) is 34.4 Å². The number of aryl methyl sites for hydroxylation is 1. The van der Waals surface area contributed by atoms with Crippen LogP contribution in [-0.2, 0) is 0 Å². The predicted octanol–water partition coefficient (Wildman–Crippen LogP) is -0.520. The minimum absolute atomic E-state index is 0.741. The molecular weight excluding hydrogens is 240 g/mol. The summed E-state index contributed by atoms with van der Waals surface area (Å²) in [5, 5.41) is 2.35. The third-order valence-corrected chi connectivity index (χ3v) is 2.98. The molecule has 19 heavy (non-hydrogen) atoms. The molecule has 4 nitrogen and oxygen atoms in total. The van der Waals surface area contributed by atoms with E-state index in [1.165, 1.54) is 23.6 Å². The SMILES string of the molecule is COc1cc(C)ccc1OCCC[NH2+]CC[NH+](C)C. The predicted molar refractivity (Wildman–Crippen MR) is 77.2 cm³/mol. The van der Waals surface area contributed by atoms with E-state index in [0.717, 1.165) is 31.1 Å². The first-order valence-electron chi connectivity index (χ1n) is 7.01. The molecule has 1 aromatic rings. The fourth-order valence-corrected chi connectivity index (χ4v) is 1.84. The molecule has 108 valence electrons. The maximum Gasteiger partial charge on any atom is 0.161 e. The minimum atomic E-state index is 0.741. The molecule has 0 unspecified atom stereocenters. The van der Waals surface area contributed by atoms with Gasteiger partial charge in [0.2, 0.25) is 0 Å². The van der Waals surface area contributed by atoms with Crippen LogP contribution in [-0.4, -0.2) is 47.4 Å². The van der Waals surface area contributed by atoms with Gasteiger partial charge < -0.3 is 19.7 Å². The van der Waals surface area contributed by atoms with Gasteiger partial charge >= 0.3 is 0 Å². The third-order valence-electron chi connectivity index (χ3n) is 2.98. The Bertz CT molecular complexity index is 367. The Kier molecular flexibility index (Phi) is 7.30. The topological polar surface area (TPSA) is 39.5 Å². The summed E-state index contributed by atoms with van der Waals surface area (Å²) < 4.78 is 11.1. The van der Waals surface area contributed by atoms with E-state index >= 15 is 0 Å². The Balaban J connectivity index is 2.19. The number of quaternary nitrogens is 2. The first-order chi connectivity index (χ1) is 9.13. The van der Waals surface area contributed by atoms with Crippen molar-refractivity contribution in [2.75, 3.05) is 47.4 Å². The number of rotatable bonds is 9. The number of likely N-dealkylation sites (N-methyl/N-ethyl adjacent to an activating group) is 1. The zero-order valence-electron chi connectivity index (χ0n) is 12.7. The fourth-order valence-electron chi connectivity index (χ4n) is 1.84. The molecule has 0 aliphatic heterocycles. The molecule has 1 rings (SSSR count). The number of hydrogen-bond acceptors (Lipinski definition) is 2. The van der Waals surface area contributed by atoms with Gasteiger partial charge in [-0.05, 0) is 24.6 Å². The number of nitrogens with two attached hydrogens (primary N) is 1. The highest BCUT2D eigenvalue weighted by atomic mass is 16.5. The van der Waals surface area contributed by atoms with Crippen LogP contribution in [0.2, 0.25) is 0 Å². The van der Waals surface area contributed by atoms with Crippen molar-refractivity contribution < 1.29 is 19.7 Å². The number of nitrogens with one attached hydrogen (secondary N) is 1. The third kappa shape index (κ3) is 6.45. The molecule has 0 saturated carbocycles. The molecule has 0 spiro atoms. The fraction of sp³-hybridized carbons (Fsp3) is 0.600. The summed E-state index contributed by atoms with van der Waals surface area (Å²) >= 11 is 0. The molecule has 4 heteroatoms. The average Bonchev–Trinajstić information content (AvgIpc) is 2.38. The highest BCUT2D eigenvalue weighted by Gasteiger charge is 2.04. The first-order valence-corrected chi connectivity index (χ1v) is 7.01. The largest absolute Gasteiger partial charge is 0.493 e. The van der Waals surface area contributed by atoms with Gasteiger partial charge in [0, 0.05) is 6.42 Å². The lowest BCUT2D eigenvalue weighted by atomic mass is 10.2. The maximum absolute atomic E-state index is 5.76. The Morgan fingerprint density at radius 3 is 2.63 bits per heavy atom. The molecule has 3 N–H and O–H groups in total. The van der Waals surface area contributed by atoms with Crippen molar-refractivity contribution in [2.24, 2.45) is 0 Å². The monoisotopic (exact) mass is 268 g/mol. The van der Waals surface area contributed by atoms with E-state index in [1.54, 1.807) is 7.11 Å². The van der Waals surface area contributed by atoms with E-state index < -0.39 is 0 Å². The first kappa shape index (κ1) is 15.8. The number of benzene rings is 1. The standard InChI is InChI=1S/C15H26N2O2/c1-13-6-7-14(15(12-13)18-4)19-11-5-8-16-9-10-17(2)3/h6-7,12,16H,5,8-11H2,1-4H3/p+2. The van der Waals surface area contributed by atoms with E-state index in [1.807, 2.05) is 25.1 Å². The number of methoxy groups -OCH3 is 1. The zero-order chi connectivity index (χ0) is 14.1. The van der Waals surface area contributed by atoms with Gasteiger partial charge in [-0.1, -0.05) is 6.07 Å². The summed E-state index contributed by atoms with van der Waals surface area (Å²) in [6.07, 6.45) is 1.06. The van der Waals surface area contributed by atoms with Crippen LogP contribution in [0.3, 0.4) is 0 Å². The Labute approximate surface area is 116 Å². The van der Waals surface area contributed by atoms with Crippen LogP contribution in [0.4, 0.5) is 0 Å². The Morgan fingerprint density at radius 1 is 1.16 bits per heavy atom. The summed E-state index contributed by atoms with van der Waals surface area (Å²) in [5.41, 5.74) is 1.18. The smallest absolute Gasteiger partial charge is 0.161 e. The molecule has 0 bridgehead atoms. The molecule has 0 atom stereocenters. The van der Waals surface area contributed by atoms with E-state index in [4.69, 9.17) is 9.47 Å². The molecule has 0 aliphatic carbocycles. The maximum atomic E-state index is 5.76. The van der Waals surface area contributed by atoms with E-state index in [0.29, 0.717) is 0 Å². The van der Waals surface area contributed by atoms with Crippen molar-refractivity contribution in [2.45, 2.75) is 13.3 Å². The number of ether oxygens (including phenoxy) is 2. The van der Waals surface area contributed by atoms with Crippen molar-refractivity contribution in [3.8, 4) is 11.5 Å². The van der Waals surface area contributed by atoms with Crippen molar-refractivity contribution in [3.63, 3.8) is 0 Å². The van der Waals surface area contributed by atoms with Gasteiger partial charge in [0.15, 0.2) is 11.5 Å². The second-order valence-corrected chi connectivity index (χ2v) is 5.18. The van der Waals surface area contributed by atoms with E-state index in [2.05, 4.69) is 19.4 Å². The molecule has 0 fully saturated rings. The van der Waals surface area contributed by atoms with Gasteiger partial charge in [-0.2, -0.15) is 0 Å². The second kappa shape index (κ2) is 8.77. The van der Waals surface area contributed by atoms with Crippen molar-refractivity contribution in [1.29, 1.82) is 0 Å². The summed E-state index contributed by atoms with van der Waals surface area (Å²) in [5.74, 6) is 1.66. The van der Waals surface area contributed by atoms with Crippen LogP contribution in [0.1, 0.15) is 12.0 Å². The van der Waals surface area contributed by atoms with Gasteiger partial charge in [-0.25, -0.2) is 0 Å². The van der Waals surface area contributed by atoms with Crippen LogP contribution in [0.5, 0.6) is 11.5 Å². The molecule has 1 aromatic carbocycles. The van der Waals surface area contributed by atoms with Crippen LogP contribution < -0.4 is 19.7 Å². The summed E-state index contributed by atoms with van der Waals surface area (Å²) in [7, 11) is 6.04. The lowest BCUT2D eigenvalue weighted by Crippen LogP contribution is -3.09. The van der Waals surface area contributed by atoms with Gasteiger partial charge in [0.1, 0.15) is 13.1 Å². The molecule has 0 radical (unpaired) electrons. The molecular formula is C15H28N2O2+2. The average molecular weight is 268 g/mol. The summed E-state index contributed by atoms with van der Waals surface area (Å²) in [6, 6.07) is 6.03. The summed E-state index contributed by atoms with van der Waals surface area (Å²) in [6.45, 7) is 6.28. The Morgan fingerprint density at radius 2 is 1.95 bits per heavy atom. The molecule has 0 aromatic heterocycles. The normalized spacial score (nSPS) is 10.8. The summed E-state index contributed by atoms with van der Waals surface area (Å²) in [4.78, 5) is 1.50. The Hall–Kier alpha value is -1.26. The van der Waals surface area contributed by atoms with Crippen LogP contribution in [0.15, 0.2) is 18.2 Å². The highest BCUT2D eigenvalue weighted by molar-refractivity contribution is 5.42. The van der Waals surface area contributed by atoms with Crippen LogP contribution in [0.25, 0.3) is 0 Å². The molecule has 0 aliphatic rings. The van der Waals surface area contributed by atoms with Crippen molar-refractivity contribution in [3.05, 3.63) is 23.8 Å². The molecule has 0 saturated heterocycles. The zero-order valence-corrected chi connectivity index (χ0v) is 12.7. The van der Waals surface area contributed by atoms with Crippen LogP contribution in [0, 0.1) is 6.92 Å². The molecule has 0 amide bonds. The van der Waals surface area contributed by atoms with Gasteiger partial charge in [-0.3, -0.25) is 0 Å². The highest BCUT2D eigenvalue weighted by Crippen LogP contribution is 2.27. The van der Waals surface area contributed by atoms with E-state index in [9.17, 15) is 0 Å². The van der Waals surface area contributed by atoms with E-state index in [-0.39, 0.29) is 0 Å². The minimum Gasteiger partial charge on any atom is -0.493 e. The lowest BCUT2D eigenvalue weighted by Gasteiger charge is -2.11. The van der Waals surface area contributed by atoms with Crippen molar-refractivity contribution in [1.82, 2.24) is 0 Å². The molecule has 0 heterocycles. The second-order valence-electron chi connectivity index (χ2n) is 5.18. The lowest BCUT2D eigenvalue weighted by molar-refractivity contribution is -0.874. The van der Waals surface area contributed by atoms with Gasteiger partial charge in [0.25, 0.3) is 0 Å². The quantitative estimate of drug-likeness (QED) is 0.592. The van der Waals surface area contributed by atoms with Crippen LogP contribution >= 0.6 is 0 Å². The van der Waals surface area contributed by atoms with Gasteiger partial charge in [-0.15, -0.1) is 0 Å². The van der Waals surface area contributed by atoms with Crippen molar-refractivity contribution >= 4 is 0 Å².